The van der Waals surface area contributed by atoms with E-state index in [0.29, 0.717) is 6.42 Å². The summed E-state index contributed by atoms with van der Waals surface area (Å²) in [5.74, 6) is -1.05. The highest BCUT2D eigenvalue weighted by Gasteiger charge is 2.31. The minimum absolute atomic E-state index is 0.109. The Morgan fingerprint density at radius 2 is 2.27 bits per heavy atom. The number of carbonyl (C=O) groups is 2. The molecule has 0 saturated carbocycles. The van der Waals surface area contributed by atoms with Crippen LogP contribution in [0, 0.1) is 0 Å². The number of aliphatic carboxylic acids is 1. The van der Waals surface area contributed by atoms with Crippen LogP contribution >= 0.6 is 0 Å². The third kappa shape index (κ3) is 2.68. The number of hydrogen-bond donors (Lipinski definition) is 2. The minimum Gasteiger partial charge on any atom is -0.480 e. The van der Waals surface area contributed by atoms with Gasteiger partial charge in [-0.1, -0.05) is 6.92 Å². The number of nitrogens with zero attached hydrogens (tertiary/aromatic N) is 1. The topological polar surface area (TPSA) is 69.6 Å². The van der Waals surface area contributed by atoms with Crippen molar-refractivity contribution >= 4 is 11.9 Å². The summed E-state index contributed by atoms with van der Waals surface area (Å²) >= 11 is 0. The molecule has 0 aromatic heterocycles. The Kier molecular flexibility index (Phi) is 4.08. The maximum absolute atomic E-state index is 11.9. The first-order valence-corrected chi connectivity index (χ1v) is 5.30. The molecule has 1 heterocycles. The Morgan fingerprint density at radius 1 is 1.60 bits per heavy atom. The van der Waals surface area contributed by atoms with Crippen LogP contribution in [0.5, 0.6) is 0 Å². The van der Waals surface area contributed by atoms with Crippen LogP contribution in [0.4, 0.5) is 0 Å². The van der Waals surface area contributed by atoms with Gasteiger partial charge in [0.1, 0.15) is 6.04 Å². The summed E-state index contributed by atoms with van der Waals surface area (Å²) in [4.78, 5) is 24.1. The molecule has 5 nitrogen and oxygen atoms in total. The third-order valence-corrected chi connectivity index (χ3v) is 2.85. The normalized spacial score (nSPS) is 22.4. The van der Waals surface area contributed by atoms with Gasteiger partial charge in [0.05, 0.1) is 6.04 Å². The molecule has 2 N–H and O–H groups in total. The van der Waals surface area contributed by atoms with Gasteiger partial charge in [-0.3, -0.25) is 4.79 Å². The number of rotatable bonds is 4. The molecule has 1 aliphatic rings. The second kappa shape index (κ2) is 5.11. The highest BCUT2D eigenvalue weighted by molar-refractivity contribution is 5.86. The first-order valence-electron chi connectivity index (χ1n) is 5.30. The van der Waals surface area contributed by atoms with E-state index < -0.39 is 12.0 Å². The van der Waals surface area contributed by atoms with Crippen LogP contribution in [0.3, 0.4) is 0 Å². The largest absolute Gasteiger partial charge is 0.480 e. The summed E-state index contributed by atoms with van der Waals surface area (Å²) in [6, 6.07) is -0.900. The fraction of sp³-hybridized carbons (Fsp3) is 0.800. The lowest BCUT2D eigenvalue weighted by Gasteiger charge is -2.26. The number of carbonyl (C=O) groups excluding carboxylic acids is 1. The molecule has 0 aromatic carbocycles. The van der Waals surface area contributed by atoms with Gasteiger partial charge in [0.15, 0.2) is 0 Å². The molecule has 0 aromatic rings. The fourth-order valence-electron chi connectivity index (χ4n) is 1.91. The molecule has 5 heteroatoms. The van der Waals surface area contributed by atoms with E-state index in [0.717, 1.165) is 19.4 Å². The molecular weight excluding hydrogens is 196 g/mol. The van der Waals surface area contributed by atoms with Crippen molar-refractivity contribution < 1.29 is 14.7 Å². The van der Waals surface area contributed by atoms with Crippen molar-refractivity contribution in [2.45, 2.75) is 38.3 Å². The second-order valence-electron chi connectivity index (χ2n) is 3.86. The molecule has 2 atom stereocenters. The van der Waals surface area contributed by atoms with Gasteiger partial charge in [-0.05, 0) is 25.8 Å². The number of likely N-dealkylation sites (N-methyl/N-ethyl adjacent to an activating group) is 1. The van der Waals surface area contributed by atoms with Crippen LogP contribution in [0.25, 0.3) is 0 Å². The summed E-state index contributed by atoms with van der Waals surface area (Å²) in [6.07, 6.45) is 2.22. The molecule has 1 saturated heterocycles. The summed E-state index contributed by atoms with van der Waals surface area (Å²) in [7, 11) is 1.56. The Labute approximate surface area is 89.4 Å². The highest BCUT2D eigenvalue weighted by Crippen LogP contribution is 2.11. The summed E-state index contributed by atoms with van der Waals surface area (Å²) < 4.78 is 0. The van der Waals surface area contributed by atoms with Crippen molar-refractivity contribution in [1.29, 1.82) is 0 Å². The van der Waals surface area contributed by atoms with Crippen molar-refractivity contribution in [3.05, 3.63) is 0 Å². The molecule has 0 aliphatic carbocycles. The van der Waals surface area contributed by atoms with E-state index in [1.54, 1.807) is 14.0 Å². The van der Waals surface area contributed by atoms with Crippen molar-refractivity contribution in [1.82, 2.24) is 10.2 Å². The van der Waals surface area contributed by atoms with Crippen LogP contribution in [0.2, 0.25) is 0 Å². The third-order valence-electron chi connectivity index (χ3n) is 2.85. The molecule has 0 spiro atoms. The monoisotopic (exact) mass is 214 g/mol. The Morgan fingerprint density at radius 3 is 2.67 bits per heavy atom. The summed E-state index contributed by atoms with van der Waals surface area (Å²) in [5.41, 5.74) is 0. The zero-order valence-electron chi connectivity index (χ0n) is 9.19. The van der Waals surface area contributed by atoms with Gasteiger partial charge >= 0.3 is 5.97 Å². The van der Waals surface area contributed by atoms with Crippen molar-refractivity contribution in [2.75, 3.05) is 13.6 Å². The van der Waals surface area contributed by atoms with E-state index in [9.17, 15) is 9.59 Å². The summed E-state index contributed by atoms with van der Waals surface area (Å²) in [6.45, 7) is 2.61. The number of carboxylic acids is 1. The average molecular weight is 214 g/mol. The van der Waals surface area contributed by atoms with Crippen LogP contribution in [0.1, 0.15) is 26.2 Å². The molecule has 1 aliphatic heterocycles. The molecule has 86 valence electrons. The van der Waals surface area contributed by atoms with E-state index >= 15 is 0 Å². The quantitative estimate of drug-likeness (QED) is 0.694. The molecule has 0 bridgehead atoms. The molecule has 2 unspecified atom stereocenters. The molecule has 1 fully saturated rings. The molecule has 1 rings (SSSR count). The molecule has 0 radical (unpaired) electrons. The van der Waals surface area contributed by atoms with Gasteiger partial charge in [0.2, 0.25) is 5.91 Å². The van der Waals surface area contributed by atoms with Crippen molar-refractivity contribution in [2.24, 2.45) is 0 Å². The second-order valence-corrected chi connectivity index (χ2v) is 3.86. The number of nitrogens with one attached hydrogen (secondary N) is 1. The van der Waals surface area contributed by atoms with Crippen LogP contribution in [-0.4, -0.2) is 47.6 Å². The Balaban J connectivity index is 2.60. The highest BCUT2D eigenvalue weighted by atomic mass is 16.4. The van der Waals surface area contributed by atoms with Crippen molar-refractivity contribution in [3.8, 4) is 0 Å². The van der Waals surface area contributed by atoms with Gasteiger partial charge in [-0.15, -0.1) is 0 Å². The number of hydrogen-bond acceptors (Lipinski definition) is 3. The first-order chi connectivity index (χ1) is 7.07. The lowest BCUT2D eigenvalue weighted by Crippen LogP contribution is -2.49. The van der Waals surface area contributed by atoms with E-state index in [-0.39, 0.29) is 11.9 Å². The standard InChI is InChI=1S/C10H18N2O3/c1-3-8(10(14)15)12(2)9(13)7-5-4-6-11-7/h7-8,11H,3-6H2,1-2H3,(H,14,15). The van der Waals surface area contributed by atoms with E-state index in [2.05, 4.69) is 5.32 Å². The smallest absolute Gasteiger partial charge is 0.326 e. The molecule has 1 amide bonds. The van der Waals surface area contributed by atoms with E-state index in [1.165, 1.54) is 4.90 Å². The summed E-state index contributed by atoms with van der Waals surface area (Å²) in [5, 5.41) is 12.0. The van der Waals surface area contributed by atoms with Gasteiger partial charge in [0.25, 0.3) is 0 Å². The maximum Gasteiger partial charge on any atom is 0.326 e. The molecular formula is C10H18N2O3. The van der Waals surface area contributed by atoms with Crippen LogP contribution < -0.4 is 5.32 Å². The first kappa shape index (κ1) is 12.0. The van der Waals surface area contributed by atoms with Crippen molar-refractivity contribution in [3.63, 3.8) is 0 Å². The average Bonchev–Trinajstić information content (AvgIpc) is 2.69. The number of amides is 1. The SMILES string of the molecule is CCC(C(=O)O)N(C)C(=O)C1CCCN1. The molecule has 15 heavy (non-hydrogen) atoms. The van der Waals surface area contributed by atoms with E-state index in [4.69, 9.17) is 5.11 Å². The predicted molar refractivity (Wildman–Crippen MR) is 55.5 cm³/mol. The van der Waals surface area contributed by atoms with Gasteiger partial charge in [-0.2, -0.15) is 0 Å². The van der Waals surface area contributed by atoms with Gasteiger partial charge in [-0.25, -0.2) is 4.79 Å². The Bertz CT molecular complexity index is 249. The fourth-order valence-corrected chi connectivity index (χ4v) is 1.91. The van der Waals surface area contributed by atoms with Gasteiger partial charge < -0.3 is 15.3 Å². The zero-order chi connectivity index (χ0) is 11.4. The minimum atomic E-state index is -0.939. The van der Waals surface area contributed by atoms with E-state index in [1.807, 2.05) is 0 Å². The predicted octanol–water partition coefficient (Wildman–Crippen LogP) is 0.0600. The zero-order valence-corrected chi connectivity index (χ0v) is 9.19. The lowest BCUT2D eigenvalue weighted by atomic mass is 10.1. The van der Waals surface area contributed by atoms with Gasteiger partial charge in [0, 0.05) is 7.05 Å². The Hall–Kier alpha value is -1.10. The van der Waals surface area contributed by atoms with Crippen LogP contribution in [-0.2, 0) is 9.59 Å². The van der Waals surface area contributed by atoms with Crippen LogP contribution in [0.15, 0.2) is 0 Å². The number of carboxylic acid groups (broad SMARTS) is 1. The maximum atomic E-state index is 11.9. The lowest BCUT2D eigenvalue weighted by molar-refractivity contribution is -0.149.